The van der Waals surface area contributed by atoms with Gasteiger partial charge in [0.15, 0.2) is 10.9 Å². The Morgan fingerprint density at radius 2 is 2.14 bits per heavy atom. The molecule has 0 spiro atoms. The van der Waals surface area contributed by atoms with Gasteiger partial charge in [-0.05, 0) is 31.6 Å². The van der Waals surface area contributed by atoms with Crippen LogP contribution in [0, 0.1) is 24.7 Å². The number of hydrogen-bond acceptors (Lipinski definition) is 7. The van der Waals surface area contributed by atoms with Crippen LogP contribution in [-0.2, 0) is 4.74 Å². The van der Waals surface area contributed by atoms with Gasteiger partial charge in [0.25, 0.3) is 5.88 Å². The van der Waals surface area contributed by atoms with Crippen molar-refractivity contribution < 1.29 is 19.0 Å². The Balaban J connectivity index is 1.53. The molecule has 29 heavy (non-hydrogen) atoms. The Labute approximate surface area is 174 Å². The van der Waals surface area contributed by atoms with Crippen molar-refractivity contribution in [3.05, 3.63) is 28.4 Å². The van der Waals surface area contributed by atoms with Gasteiger partial charge in [0.05, 0.1) is 26.5 Å². The van der Waals surface area contributed by atoms with Crippen LogP contribution in [0.4, 0.5) is 9.93 Å². The Morgan fingerprint density at radius 3 is 2.86 bits per heavy atom. The molecule has 1 fully saturated rings. The van der Waals surface area contributed by atoms with E-state index in [0.717, 1.165) is 23.1 Å². The molecule has 2 heterocycles. The zero-order valence-electron chi connectivity index (χ0n) is 16.7. The number of pyridine rings is 1. The zero-order valence-corrected chi connectivity index (χ0v) is 17.5. The van der Waals surface area contributed by atoms with Crippen molar-refractivity contribution in [1.29, 1.82) is 0 Å². The van der Waals surface area contributed by atoms with Gasteiger partial charge in [-0.2, -0.15) is 0 Å². The van der Waals surface area contributed by atoms with Crippen LogP contribution in [-0.4, -0.2) is 50.0 Å². The minimum atomic E-state index is -0.308. The van der Waals surface area contributed by atoms with E-state index in [1.165, 1.54) is 31.3 Å². The van der Waals surface area contributed by atoms with E-state index in [2.05, 4.69) is 32.4 Å². The molecule has 0 radical (unpaired) electrons. The van der Waals surface area contributed by atoms with Gasteiger partial charge in [-0.1, -0.05) is 17.3 Å². The summed E-state index contributed by atoms with van der Waals surface area (Å²) < 4.78 is 15.8. The summed E-state index contributed by atoms with van der Waals surface area (Å²) in [6.45, 7) is 3.60. The maximum Gasteiger partial charge on any atom is 0.321 e. The number of rotatable bonds is 8. The summed E-state index contributed by atoms with van der Waals surface area (Å²) in [7, 11) is 3.08. The summed E-state index contributed by atoms with van der Waals surface area (Å²) in [5.41, 5.74) is 1.44. The van der Waals surface area contributed by atoms with Gasteiger partial charge in [-0.25, -0.2) is 14.8 Å². The Morgan fingerprint density at radius 1 is 1.31 bits per heavy atom. The fourth-order valence-corrected chi connectivity index (χ4v) is 3.22. The summed E-state index contributed by atoms with van der Waals surface area (Å²) in [5, 5.41) is 5.98. The highest BCUT2D eigenvalue weighted by molar-refractivity contribution is 7.16. The molecule has 0 saturated heterocycles. The van der Waals surface area contributed by atoms with Crippen LogP contribution in [0.3, 0.4) is 0 Å². The van der Waals surface area contributed by atoms with E-state index in [-0.39, 0.29) is 6.03 Å². The lowest BCUT2D eigenvalue weighted by Gasteiger charge is -2.05. The fourth-order valence-electron chi connectivity index (χ4n) is 2.41. The second-order valence-corrected chi connectivity index (χ2v) is 7.52. The van der Waals surface area contributed by atoms with Crippen molar-refractivity contribution in [3.63, 3.8) is 0 Å². The van der Waals surface area contributed by atoms with E-state index in [4.69, 9.17) is 14.2 Å². The van der Waals surface area contributed by atoms with Crippen LogP contribution in [0.15, 0.2) is 12.3 Å². The lowest BCUT2D eigenvalue weighted by Crippen LogP contribution is -2.31. The number of hydrogen-bond donors (Lipinski definition) is 2. The number of anilines is 1. The maximum absolute atomic E-state index is 12.0. The minimum Gasteiger partial charge on any atom is -0.491 e. The van der Waals surface area contributed by atoms with Gasteiger partial charge in [0.1, 0.15) is 4.88 Å². The number of carbonyl (C=O) groups is 1. The predicted molar refractivity (Wildman–Crippen MR) is 111 cm³/mol. The molecule has 2 aromatic heterocycles. The molecule has 8 nitrogen and oxygen atoms in total. The number of nitrogens with one attached hydrogen (secondary N) is 2. The smallest absolute Gasteiger partial charge is 0.321 e. The molecule has 1 saturated carbocycles. The first-order valence-corrected chi connectivity index (χ1v) is 10.1. The number of thiazole rings is 1. The molecule has 154 valence electrons. The first kappa shape index (κ1) is 20.9. The number of ether oxygens (including phenoxy) is 3. The maximum atomic E-state index is 12.0. The molecule has 0 bridgehead atoms. The third-order valence-electron chi connectivity index (χ3n) is 4.15. The molecule has 0 atom stereocenters. The van der Waals surface area contributed by atoms with E-state index < -0.39 is 0 Å². The van der Waals surface area contributed by atoms with E-state index in [9.17, 15) is 4.79 Å². The van der Waals surface area contributed by atoms with Gasteiger partial charge < -0.3 is 19.5 Å². The molecule has 0 unspecified atom stereocenters. The average Bonchev–Trinajstić information content (AvgIpc) is 3.48. The number of urea groups is 1. The molecule has 2 aromatic rings. The first-order chi connectivity index (χ1) is 14.1. The molecule has 9 heteroatoms. The number of amides is 2. The lowest BCUT2D eigenvalue weighted by molar-refractivity contribution is 0.127. The summed E-state index contributed by atoms with van der Waals surface area (Å²) >= 11 is 1.32. The summed E-state index contributed by atoms with van der Waals surface area (Å²) in [5.74, 6) is 7.74. The van der Waals surface area contributed by atoms with Crippen LogP contribution in [0.25, 0.3) is 0 Å². The number of aromatic nitrogens is 2. The monoisotopic (exact) mass is 416 g/mol. The van der Waals surface area contributed by atoms with Crippen molar-refractivity contribution in [2.75, 3.05) is 39.3 Å². The zero-order chi connectivity index (χ0) is 20.6. The van der Waals surface area contributed by atoms with Crippen molar-refractivity contribution in [2.24, 2.45) is 5.92 Å². The second-order valence-electron chi connectivity index (χ2n) is 6.52. The van der Waals surface area contributed by atoms with Gasteiger partial charge >= 0.3 is 6.03 Å². The normalized spacial score (nSPS) is 12.7. The van der Waals surface area contributed by atoms with E-state index in [1.54, 1.807) is 19.4 Å². The van der Waals surface area contributed by atoms with Gasteiger partial charge in [-0.15, -0.1) is 0 Å². The Bertz CT molecular complexity index is 915. The minimum absolute atomic E-state index is 0.308. The van der Waals surface area contributed by atoms with Gasteiger partial charge in [0.2, 0.25) is 0 Å². The van der Waals surface area contributed by atoms with Crippen molar-refractivity contribution in [1.82, 2.24) is 15.3 Å². The summed E-state index contributed by atoms with van der Waals surface area (Å²) in [6.07, 6.45) is 4.12. The molecule has 0 aliphatic heterocycles. The highest BCUT2D eigenvalue weighted by Gasteiger charge is 2.20. The Kier molecular flexibility index (Phi) is 7.27. The average molecular weight is 417 g/mol. The molecule has 1 aliphatic carbocycles. The van der Waals surface area contributed by atoms with E-state index >= 15 is 0 Å². The second kappa shape index (κ2) is 10.1. The number of aryl methyl sites for hydroxylation is 1. The largest absolute Gasteiger partial charge is 0.491 e. The lowest BCUT2D eigenvalue weighted by atomic mass is 10.2. The van der Waals surface area contributed by atoms with E-state index in [0.29, 0.717) is 35.5 Å². The van der Waals surface area contributed by atoms with Crippen LogP contribution in [0.2, 0.25) is 0 Å². The van der Waals surface area contributed by atoms with Crippen LogP contribution < -0.4 is 20.1 Å². The number of carbonyl (C=O) groups excluding carboxylic acids is 1. The topological polar surface area (TPSA) is 94.6 Å². The number of methoxy groups -OCH3 is 2. The molecule has 2 N–H and O–H groups in total. The van der Waals surface area contributed by atoms with Crippen molar-refractivity contribution in [2.45, 2.75) is 19.8 Å². The van der Waals surface area contributed by atoms with E-state index in [1.807, 2.05) is 6.92 Å². The number of nitrogens with zero attached hydrogens (tertiary/aromatic N) is 2. The molecule has 2 amide bonds. The molecule has 3 rings (SSSR count). The van der Waals surface area contributed by atoms with Gasteiger partial charge in [0, 0.05) is 31.0 Å². The van der Waals surface area contributed by atoms with Crippen LogP contribution in [0.5, 0.6) is 11.6 Å². The summed E-state index contributed by atoms with van der Waals surface area (Å²) in [4.78, 5) is 21.3. The predicted octanol–water partition coefficient (Wildman–Crippen LogP) is 2.81. The quantitative estimate of drug-likeness (QED) is 0.508. The van der Waals surface area contributed by atoms with Gasteiger partial charge in [-0.3, -0.25) is 5.32 Å². The highest BCUT2D eigenvalue weighted by Crippen LogP contribution is 2.28. The third kappa shape index (κ3) is 6.34. The summed E-state index contributed by atoms with van der Waals surface area (Å²) in [6, 6.07) is 1.45. The molecule has 0 aromatic carbocycles. The SMILES string of the molecule is COc1cc(C#Cc2sc(NC(=O)NCCOCC3CC3)nc2C)cnc1OC. The molecular weight excluding hydrogens is 392 g/mol. The van der Waals surface area contributed by atoms with Crippen molar-refractivity contribution >= 4 is 22.5 Å². The fraction of sp³-hybridized carbons (Fsp3) is 0.450. The first-order valence-electron chi connectivity index (χ1n) is 9.29. The van der Waals surface area contributed by atoms with Crippen molar-refractivity contribution in [3.8, 4) is 23.5 Å². The van der Waals surface area contributed by atoms with Crippen LogP contribution in [0.1, 0.15) is 29.0 Å². The Hall–Kier alpha value is -2.83. The highest BCUT2D eigenvalue weighted by atomic mass is 32.1. The standard InChI is InChI=1S/C20H24N4O4S/c1-13-17(7-6-15-10-16(26-2)18(27-3)22-11-15)29-20(23-13)24-19(25)21-8-9-28-12-14-4-5-14/h10-11,14H,4-5,8-9,12H2,1-3H3,(H2,21,23,24,25). The molecule has 1 aliphatic rings. The third-order valence-corrected chi connectivity index (χ3v) is 5.14. The van der Waals surface area contributed by atoms with Crippen LogP contribution >= 0.6 is 11.3 Å². The molecular formula is C20H24N4O4S.